The van der Waals surface area contributed by atoms with E-state index in [1.54, 1.807) is 0 Å². The summed E-state index contributed by atoms with van der Waals surface area (Å²) >= 11 is 6.82. The predicted molar refractivity (Wildman–Crippen MR) is 71.5 cm³/mol. The Hall–Kier alpha value is 0.250. The highest BCUT2D eigenvalue weighted by Gasteiger charge is 2.71. The summed E-state index contributed by atoms with van der Waals surface area (Å²) in [5.74, 6) is 0. The van der Waals surface area contributed by atoms with E-state index in [1.807, 2.05) is 0 Å². The van der Waals surface area contributed by atoms with Gasteiger partial charge in [0, 0.05) is 0 Å². The molecule has 2 saturated heterocycles. The van der Waals surface area contributed by atoms with E-state index < -0.39 is 0 Å². The fourth-order valence-corrected chi connectivity index (χ4v) is 6.12. The number of halogens is 1. The van der Waals surface area contributed by atoms with Crippen LogP contribution >= 0.6 is 11.6 Å². The topological polar surface area (TPSA) is 9.23 Å². The third kappa shape index (κ3) is 1.31. The molecule has 2 heteroatoms. The molecule has 2 aliphatic heterocycles. The molecule has 0 amide bonds. The van der Waals surface area contributed by atoms with Crippen LogP contribution in [0.5, 0.6) is 0 Å². The van der Waals surface area contributed by atoms with Crippen LogP contribution < -0.4 is 0 Å². The van der Waals surface area contributed by atoms with Gasteiger partial charge in [-0.05, 0) is 49.9 Å². The Bertz CT molecular complexity index is 353. The molecule has 3 rings (SSSR count). The molecule has 4 atom stereocenters. The first-order valence-electron chi connectivity index (χ1n) is 7.09. The van der Waals surface area contributed by atoms with Gasteiger partial charge in [0.25, 0.3) is 0 Å². The van der Waals surface area contributed by atoms with E-state index in [2.05, 4.69) is 27.7 Å². The normalized spacial score (nSPS) is 56.6. The van der Waals surface area contributed by atoms with Gasteiger partial charge in [-0.25, -0.2) is 0 Å². The summed E-state index contributed by atoms with van der Waals surface area (Å²) in [6.07, 6.45) is 7.38. The zero-order chi connectivity index (χ0) is 12.5. The molecule has 0 aromatic carbocycles. The fourth-order valence-electron chi connectivity index (χ4n) is 5.19. The minimum Gasteiger partial charge on any atom is -0.366 e. The maximum absolute atomic E-state index is 6.82. The molecule has 17 heavy (non-hydrogen) atoms. The molecule has 1 spiro atoms. The van der Waals surface area contributed by atoms with Gasteiger partial charge in [-0.3, -0.25) is 0 Å². The lowest BCUT2D eigenvalue weighted by atomic mass is 9.51. The second-order valence-electron chi connectivity index (χ2n) is 7.76. The van der Waals surface area contributed by atoms with Crippen molar-refractivity contribution in [3.8, 4) is 0 Å². The Balaban J connectivity index is 2.14. The Morgan fingerprint density at radius 1 is 1.00 bits per heavy atom. The molecule has 2 bridgehead atoms. The van der Waals surface area contributed by atoms with Crippen molar-refractivity contribution in [2.24, 2.45) is 10.8 Å². The lowest BCUT2D eigenvalue weighted by molar-refractivity contribution is -0.261. The zero-order valence-corrected chi connectivity index (χ0v) is 12.4. The molecule has 2 heterocycles. The maximum atomic E-state index is 6.82. The number of rotatable bonds is 0. The molecule has 1 aliphatic carbocycles. The summed E-state index contributed by atoms with van der Waals surface area (Å²) in [6, 6.07) is 0. The number of hydrogen-bond donors (Lipinski definition) is 0. The molecule has 0 radical (unpaired) electrons. The monoisotopic (exact) mass is 256 g/mol. The van der Waals surface area contributed by atoms with Crippen molar-refractivity contribution in [1.82, 2.24) is 0 Å². The number of hydrogen-bond acceptors (Lipinski definition) is 1. The highest BCUT2D eigenvalue weighted by molar-refractivity contribution is 6.21. The van der Waals surface area contributed by atoms with Crippen molar-refractivity contribution in [1.29, 1.82) is 0 Å². The molecule has 98 valence electrons. The quantitative estimate of drug-likeness (QED) is 0.579. The van der Waals surface area contributed by atoms with Gasteiger partial charge in [-0.15, -0.1) is 11.6 Å². The molecule has 1 nitrogen and oxygen atoms in total. The van der Waals surface area contributed by atoms with Crippen LogP contribution in [0.4, 0.5) is 0 Å². The first-order chi connectivity index (χ1) is 7.75. The molecule has 0 aromatic rings. The van der Waals surface area contributed by atoms with Gasteiger partial charge in [0.2, 0.25) is 0 Å². The van der Waals surface area contributed by atoms with Crippen LogP contribution in [0.15, 0.2) is 0 Å². The SMILES string of the molecule is CC1(C)CCC[C@]2(C)CC[C@]3(C)C[C@H](Cl)[C@]12O3. The average molecular weight is 257 g/mol. The van der Waals surface area contributed by atoms with Crippen molar-refractivity contribution < 1.29 is 4.74 Å². The summed E-state index contributed by atoms with van der Waals surface area (Å²) in [5.41, 5.74) is 0.453. The van der Waals surface area contributed by atoms with E-state index in [4.69, 9.17) is 16.3 Å². The number of fused-ring (bicyclic) bond motifs is 1. The largest absolute Gasteiger partial charge is 0.366 e. The third-order valence-electron chi connectivity index (χ3n) is 6.10. The minimum atomic E-state index is -0.0905. The van der Waals surface area contributed by atoms with Crippen molar-refractivity contribution >= 4 is 11.6 Å². The van der Waals surface area contributed by atoms with E-state index in [0.717, 1.165) is 6.42 Å². The summed E-state index contributed by atoms with van der Waals surface area (Å²) in [4.78, 5) is 0. The molecular formula is C15H25ClO. The summed E-state index contributed by atoms with van der Waals surface area (Å²) in [7, 11) is 0. The smallest absolute Gasteiger partial charge is 0.0957 e. The average Bonchev–Trinajstić information content (AvgIpc) is 2.44. The van der Waals surface area contributed by atoms with E-state index in [9.17, 15) is 0 Å². The highest BCUT2D eigenvalue weighted by atomic mass is 35.5. The first-order valence-corrected chi connectivity index (χ1v) is 7.53. The lowest BCUT2D eigenvalue weighted by Gasteiger charge is -2.62. The van der Waals surface area contributed by atoms with E-state index in [-0.39, 0.29) is 27.4 Å². The second kappa shape index (κ2) is 3.22. The predicted octanol–water partition coefficient (Wildman–Crippen LogP) is 4.52. The van der Waals surface area contributed by atoms with Crippen LogP contribution in [0.1, 0.15) is 66.2 Å². The van der Waals surface area contributed by atoms with Gasteiger partial charge >= 0.3 is 0 Å². The number of alkyl halides is 1. The summed E-state index contributed by atoms with van der Waals surface area (Å²) < 4.78 is 6.67. The standard InChI is InChI=1S/C15H25ClO/c1-12(2)6-5-7-13(3)8-9-14(4)10-11(16)15(12,13)17-14/h11H,5-10H2,1-4H3/t11-,13+,14+,15-/m0/s1. The lowest BCUT2D eigenvalue weighted by Crippen LogP contribution is -2.65. The van der Waals surface area contributed by atoms with Crippen LogP contribution in [0, 0.1) is 10.8 Å². The zero-order valence-electron chi connectivity index (χ0n) is 11.6. The highest BCUT2D eigenvalue weighted by Crippen LogP contribution is 2.69. The van der Waals surface area contributed by atoms with Crippen molar-refractivity contribution in [3.05, 3.63) is 0 Å². The molecule has 0 unspecified atom stereocenters. The van der Waals surface area contributed by atoms with E-state index in [0.29, 0.717) is 0 Å². The number of ether oxygens (including phenoxy) is 1. The van der Waals surface area contributed by atoms with E-state index >= 15 is 0 Å². The van der Waals surface area contributed by atoms with Gasteiger partial charge in [0.1, 0.15) is 0 Å². The van der Waals surface area contributed by atoms with Gasteiger partial charge in [0.05, 0.1) is 16.6 Å². The Kier molecular flexibility index (Phi) is 2.33. The summed E-state index contributed by atoms with van der Waals surface area (Å²) in [5, 5.41) is 0.190. The second-order valence-corrected chi connectivity index (χ2v) is 8.28. The van der Waals surface area contributed by atoms with Crippen LogP contribution in [0.25, 0.3) is 0 Å². The first kappa shape index (κ1) is 12.3. The Morgan fingerprint density at radius 3 is 2.41 bits per heavy atom. The van der Waals surface area contributed by atoms with Gasteiger partial charge in [0.15, 0.2) is 0 Å². The Morgan fingerprint density at radius 2 is 1.71 bits per heavy atom. The van der Waals surface area contributed by atoms with Crippen LogP contribution in [0.3, 0.4) is 0 Å². The maximum Gasteiger partial charge on any atom is 0.0957 e. The van der Waals surface area contributed by atoms with Gasteiger partial charge < -0.3 is 4.74 Å². The molecule has 0 aromatic heterocycles. The summed E-state index contributed by atoms with van der Waals surface area (Å²) in [6.45, 7) is 9.43. The van der Waals surface area contributed by atoms with Crippen molar-refractivity contribution in [2.45, 2.75) is 82.8 Å². The van der Waals surface area contributed by atoms with Crippen molar-refractivity contribution in [2.75, 3.05) is 0 Å². The van der Waals surface area contributed by atoms with Crippen LogP contribution in [-0.2, 0) is 4.74 Å². The molecular weight excluding hydrogens is 232 g/mol. The van der Waals surface area contributed by atoms with Crippen LogP contribution in [0.2, 0.25) is 0 Å². The third-order valence-corrected chi connectivity index (χ3v) is 6.56. The van der Waals surface area contributed by atoms with Gasteiger partial charge in [-0.2, -0.15) is 0 Å². The molecule has 1 saturated carbocycles. The fraction of sp³-hybridized carbons (Fsp3) is 1.00. The minimum absolute atomic E-state index is 0.0422. The molecule has 0 N–H and O–H groups in total. The van der Waals surface area contributed by atoms with Gasteiger partial charge in [-0.1, -0.05) is 27.2 Å². The Labute approximate surface area is 110 Å². The molecule has 3 fully saturated rings. The van der Waals surface area contributed by atoms with Crippen LogP contribution in [-0.4, -0.2) is 16.6 Å². The molecule has 3 aliphatic rings. The van der Waals surface area contributed by atoms with E-state index in [1.165, 1.54) is 32.1 Å². The van der Waals surface area contributed by atoms with Crippen molar-refractivity contribution in [3.63, 3.8) is 0 Å².